The van der Waals surface area contributed by atoms with Gasteiger partial charge in [-0.1, -0.05) is 0 Å². The minimum absolute atomic E-state index is 0.145. The van der Waals surface area contributed by atoms with Crippen LogP contribution in [0.1, 0.15) is 50.9 Å². The van der Waals surface area contributed by atoms with Crippen molar-refractivity contribution in [2.75, 3.05) is 6.61 Å². The zero-order valence-corrected chi connectivity index (χ0v) is 11.4. The Morgan fingerprint density at radius 1 is 1.33 bits per heavy atom. The second-order valence-corrected chi connectivity index (χ2v) is 5.23. The summed E-state index contributed by atoms with van der Waals surface area (Å²) in [4.78, 5) is 9.03. The monoisotopic (exact) mass is 249 g/mol. The molecule has 1 unspecified atom stereocenters. The third kappa shape index (κ3) is 2.87. The summed E-state index contributed by atoms with van der Waals surface area (Å²) in [5.41, 5.74) is 6.64. The molecule has 1 aromatic rings. The average Bonchev–Trinajstić information content (AvgIpc) is 2.79. The molecule has 0 aliphatic heterocycles. The Morgan fingerprint density at radius 2 is 1.94 bits per heavy atom. The number of ether oxygens (including phenoxy) is 1. The fraction of sp³-hybridized carbons (Fsp3) is 0.714. The van der Waals surface area contributed by atoms with E-state index in [1.807, 2.05) is 26.2 Å². The minimum Gasteiger partial charge on any atom is -0.367 e. The molecule has 100 valence electrons. The maximum Gasteiger partial charge on any atom is 0.160 e. The van der Waals surface area contributed by atoms with E-state index in [2.05, 4.69) is 9.97 Å². The van der Waals surface area contributed by atoms with Crippen LogP contribution in [0.15, 0.2) is 12.4 Å². The van der Waals surface area contributed by atoms with Gasteiger partial charge < -0.3 is 10.5 Å². The Bertz CT molecular complexity index is 369. The smallest absolute Gasteiger partial charge is 0.160 e. The molecule has 2 rings (SSSR count). The first-order valence-corrected chi connectivity index (χ1v) is 6.87. The Labute approximate surface area is 109 Å². The fourth-order valence-electron chi connectivity index (χ4n) is 2.72. The normalized spacial score (nSPS) is 19.9. The summed E-state index contributed by atoms with van der Waals surface area (Å²) in [5.74, 6) is 0.843. The summed E-state index contributed by atoms with van der Waals surface area (Å²) in [6.45, 7) is 4.74. The van der Waals surface area contributed by atoms with E-state index >= 15 is 0 Å². The Kier molecular flexibility index (Phi) is 4.30. The van der Waals surface area contributed by atoms with Gasteiger partial charge in [-0.15, -0.1) is 0 Å². The molecule has 1 aliphatic carbocycles. The standard InChI is InChI=1S/C14H23N3O/c1-3-18-14(6-4-5-7-14)13-16-9-12(10-17-13)8-11(2)15/h9-11H,3-8,15H2,1-2H3. The van der Waals surface area contributed by atoms with Crippen molar-refractivity contribution in [3.05, 3.63) is 23.8 Å². The van der Waals surface area contributed by atoms with Crippen molar-refractivity contribution in [2.24, 2.45) is 5.73 Å². The van der Waals surface area contributed by atoms with Gasteiger partial charge in [-0.3, -0.25) is 0 Å². The largest absolute Gasteiger partial charge is 0.367 e. The van der Waals surface area contributed by atoms with Gasteiger partial charge in [-0.2, -0.15) is 0 Å². The molecule has 2 N–H and O–H groups in total. The molecular weight excluding hydrogens is 226 g/mol. The fourth-order valence-corrected chi connectivity index (χ4v) is 2.72. The molecule has 1 saturated carbocycles. The van der Waals surface area contributed by atoms with Crippen molar-refractivity contribution in [3.63, 3.8) is 0 Å². The van der Waals surface area contributed by atoms with Crippen LogP contribution in [0.2, 0.25) is 0 Å². The Balaban J connectivity index is 2.16. The molecule has 0 aromatic carbocycles. The third-order valence-electron chi connectivity index (χ3n) is 3.50. The molecule has 0 amide bonds. The molecule has 1 heterocycles. The van der Waals surface area contributed by atoms with E-state index in [9.17, 15) is 0 Å². The first-order chi connectivity index (χ1) is 8.66. The van der Waals surface area contributed by atoms with Gasteiger partial charge in [-0.05, 0) is 51.5 Å². The SMILES string of the molecule is CCOC1(c2ncc(CC(C)N)cn2)CCCC1. The molecule has 1 aliphatic rings. The maximum atomic E-state index is 5.95. The highest BCUT2D eigenvalue weighted by atomic mass is 16.5. The molecule has 0 saturated heterocycles. The van der Waals surface area contributed by atoms with E-state index in [-0.39, 0.29) is 11.6 Å². The lowest BCUT2D eigenvalue weighted by Gasteiger charge is -2.27. The van der Waals surface area contributed by atoms with Crippen LogP contribution in [-0.2, 0) is 16.8 Å². The zero-order valence-electron chi connectivity index (χ0n) is 11.4. The van der Waals surface area contributed by atoms with Crippen molar-refractivity contribution in [3.8, 4) is 0 Å². The van der Waals surface area contributed by atoms with Gasteiger partial charge in [0.05, 0.1) is 0 Å². The van der Waals surface area contributed by atoms with Crippen molar-refractivity contribution in [1.82, 2.24) is 9.97 Å². The topological polar surface area (TPSA) is 61.0 Å². The number of hydrogen-bond donors (Lipinski definition) is 1. The molecular formula is C14H23N3O. The lowest BCUT2D eigenvalue weighted by atomic mass is 10.0. The lowest BCUT2D eigenvalue weighted by molar-refractivity contribution is -0.0457. The second-order valence-electron chi connectivity index (χ2n) is 5.23. The van der Waals surface area contributed by atoms with Crippen LogP contribution >= 0.6 is 0 Å². The molecule has 1 fully saturated rings. The van der Waals surface area contributed by atoms with E-state index in [1.54, 1.807) is 0 Å². The predicted octanol–water partition coefficient (Wildman–Crippen LogP) is 2.17. The van der Waals surface area contributed by atoms with Crippen molar-refractivity contribution in [2.45, 2.75) is 57.6 Å². The maximum absolute atomic E-state index is 5.95. The van der Waals surface area contributed by atoms with Gasteiger partial charge >= 0.3 is 0 Å². The summed E-state index contributed by atoms with van der Waals surface area (Å²) in [7, 11) is 0. The molecule has 0 radical (unpaired) electrons. The van der Waals surface area contributed by atoms with Gasteiger partial charge in [0.1, 0.15) is 5.60 Å². The van der Waals surface area contributed by atoms with Crippen LogP contribution < -0.4 is 5.73 Å². The van der Waals surface area contributed by atoms with E-state index in [0.717, 1.165) is 30.7 Å². The summed E-state index contributed by atoms with van der Waals surface area (Å²) in [5, 5.41) is 0. The van der Waals surface area contributed by atoms with E-state index in [0.29, 0.717) is 6.61 Å². The van der Waals surface area contributed by atoms with Crippen LogP contribution in [0.3, 0.4) is 0 Å². The van der Waals surface area contributed by atoms with Gasteiger partial charge in [0.2, 0.25) is 0 Å². The van der Waals surface area contributed by atoms with Crippen molar-refractivity contribution >= 4 is 0 Å². The summed E-state index contributed by atoms with van der Waals surface area (Å²) in [6.07, 6.45) is 9.08. The molecule has 4 heteroatoms. The molecule has 1 atom stereocenters. The van der Waals surface area contributed by atoms with Gasteiger partial charge in [0.15, 0.2) is 5.82 Å². The van der Waals surface area contributed by atoms with Crippen molar-refractivity contribution in [1.29, 1.82) is 0 Å². The minimum atomic E-state index is -0.235. The average molecular weight is 249 g/mol. The van der Waals surface area contributed by atoms with Gasteiger partial charge in [0, 0.05) is 25.0 Å². The van der Waals surface area contributed by atoms with Gasteiger partial charge in [0.25, 0.3) is 0 Å². The Morgan fingerprint density at radius 3 is 2.44 bits per heavy atom. The second kappa shape index (κ2) is 5.76. The highest BCUT2D eigenvalue weighted by Gasteiger charge is 2.38. The number of hydrogen-bond acceptors (Lipinski definition) is 4. The number of aromatic nitrogens is 2. The molecule has 0 spiro atoms. The zero-order chi connectivity index (χ0) is 13.0. The van der Waals surface area contributed by atoms with Crippen LogP contribution in [0.5, 0.6) is 0 Å². The third-order valence-corrected chi connectivity index (χ3v) is 3.50. The van der Waals surface area contributed by atoms with E-state index < -0.39 is 0 Å². The molecule has 18 heavy (non-hydrogen) atoms. The highest BCUT2D eigenvalue weighted by molar-refractivity contribution is 5.12. The van der Waals surface area contributed by atoms with E-state index in [4.69, 9.17) is 10.5 Å². The first-order valence-electron chi connectivity index (χ1n) is 6.87. The van der Waals surface area contributed by atoms with Gasteiger partial charge in [-0.25, -0.2) is 9.97 Å². The van der Waals surface area contributed by atoms with E-state index in [1.165, 1.54) is 12.8 Å². The summed E-state index contributed by atoms with van der Waals surface area (Å²) in [6, 6.07) is 0.145. The number of nitrogens with two attached hydrogens (primary N) is 1. The van der Waals surface area contributed by atoms with Crippen LogP contribution in [0.25, 0.3) is 0 Å². The van der Waals surface area contributed by atoms with Crippen LogP contribution in [0.4, 0.5) is 0 Å². The Hall–Kier alpha value is -1.00. The molecule has 0 bridgehead atoms. The molecule has 1 aromatic heterocycles. The summed E-state index contributed by atoms with van der Waals surface area (Å²) >= 11 is 0. The lowest BCUT2D eigenvalue weighted by Crippen LogP contribution is -2.29. The highest BCUT2D eigenvalue weighted by Crippen LogP contribution is 2.40. The predicted molar refractivity (Wildman–Crippen MR) is 71.2 cm³/mol. The number of rotatable bonds is 5. The summed E-state index contributed by atoms with van der Waals surface area (Å²) < 4.78 is 5.95. The molecule has 4 nitrogen and oxygen atoms in total. The van der Waals surface area contributed by atoms with Crippen LogP contribution in [0, 0.1) is 0 Å². The van der Waals surface area contributed by atoms with Crippen LogP contribution in [-0.4, -0.2) is 22.6 Å². The first kappa shape index (κ1) is 13.4. The quantitative estimate of drug-likeness (QED) is 0.868. The van der Waals surface area contributed by atoms with Crippen molar-refractivity contribution < 1.29 is 4.74 Å². The number of nitrogens with zero attached hydrogens (tertiary/aromatic N) is 2.